The summed E-state index contributed by atoms with van der Waals surface area (Å²) in [6.07, 6.45) is 0.443. The lowest BCUT2D eigenvalue weighted by molar-refractivity contribution is -0.274. The molecule has 9 nitrogen and oxygen atoms in total. The van der Waals surface area contributed by atoms with E-state index < -0.39 is 6.36 Å². The van der Waals surface area contributed by atoms with Crippen molar-refractivity contribution < 1.29 is 37.0 Å². The molecule has 1 aromatic heterocycles. The van der Waals surface area contributed by atoms with Gasteiger partial charge in [-0.1, -0.05) is 12.1 Å². The van der Waals surface area contributed by atoms with Gasteiger partial charge in [-0.15, -0.1) is 13.2 Å². The van der Waals surface area contributed by atoms with Gasteiger partial charge in [0.1, 0.15) is 31.3 Å². The van der Waals surface area contributed by atoms with Gasteiger partial charge in [-0.3, -0.25) is 9.48 Å². The Hall–Kier alpha value is -3.31. The standard InChI is InChI=1S/C23H29F3N4O5/c1-16(31)33-11-10-22(2)9-8-17(20(21(22)29-32-3)12-30-15-27-14-28-30)13-34-18-4-6-19(7-5-18)35-23(24,25)26/h4-7,14-15,17,20H,8-13H2,1-3H3/t17-,20-,22-/m0/s1. The van der Waals surface area contributed by atoms with Crippen LogP contribution in [0.25, 0.3) is 0 Å². The zero-order valence-electron chi connectivity index (χ0n) is 19.8. The van der Waals surface area contributed by atoms with E-state index in [0.29, 0.717) is 25.3 Å². The molecule has 0 bridgehead atoms. The lowest BCUT2D eigenvalue weighted by Crippen LogP contribution is -2.46. The Bertz CT molecular complexity index is 982. The molecule has 1 saturated carbocycles. The van der Waals surface area contributed by atoms with Gasteiger partial charge in [0.2, 0.25) is 0 Å². The van der Waals surface area contributed by atoms with E-state index in [1.165, 1.54) is 44.6 Å². The van der Waals surface area contributed by atoms with Gasteiger partial charge in [0.25, 0.3) is 0 Å². The number of oxime groups is 1. The Kier molecular flexibility index (Phi) is 8.57. The van der Waals surface area contributed by atoms with Crippen molar-refractivity contribution in [1.82, 2.24) is 14.8 Å². The van der Waals surface area contributed by atoms with Gasteiger partial charge in [0.15, 0.2) is 0 Å². The zero-order chi connectivity index (χ0) is 25.5. The Balaban J connectivity index is 1.75. The smallest absolute Gasteiger partial charge is 0.493 e. The molecule has 0 radical (unpaired) electrons. The highest BCUT2D eigenvalue weighted by atomic mass is 19.4. The molecular formula is C23H29F3N4O5. The second-order valence-electron chi connectivity index (χ2n) is 8.66. The van der Waals surface area contributed by atoms with Gasteiger partial charge in [-0.2, -0.15) is 5.10 Å². The maximum Gasteiger partial charge on any atom is 0.573 e. The Labute approximate surface area is 201 Å². The highest BCUT2D eigenvalue weighted by Gasteiger charge is 2.45. The summed E-state index contributed by atoms with van der Waals surface area (Å²) in [5.41, 5.74) is 0.445. The molecule has 1 aliphatic rings. The molecule has 1 aromatic carbocycles. The van der Waals surface area contributed by atoms with Crippen LogP contribution >= 0.6 is 0 Å². The first kappa shape index (κ1) is 26.3. The Morgan fingerprint density at radius 1 is 1.26 bits per heavy atom. The molecule has 1 heterocycles. The fraction of sp³-hybridized carbons (Fsp3) is 0.565. The number of rotatable bonds is 10. The number of nitrogens with zero attached hydrogens (tertiary/aromatic N) is 4. The van der Waals surface area contributed by atoms with Crippen LogP contribution in [-0.4, -0.2) is 53.1 Å². The van der Waals surface area contributed by atoms with Crippen molar-refractivity contribution in [3.63, 3.8) is 0 Å². The lowest BCUT2D eigenvalue weighted by Gasteiger charge is -2.43. The highest BCUT2D eigenvalue weighted by molar-refractivity contribution is 5.92. The average Bonchev–Trinajstić information content (AvgIpc) is 3.29. The van der Waals surface area contributed by atoms with Crippen LogP contribution in [0.4, 0.5) is 13.2 Å². The molecule has 1 fully saturated rings. The normalized spacial score (nSPS) is 23.7. The van der Waals surface area contributed by atoms with Crippen molar-refractivity contribution in [2.24, 2.45) is 22.4 Å². The summed E-state index contributed by atoms with van der Waals surface area (Å²) in [5.74, 6) is -0.342. The number of hydrogen-bond acceptors (Lipinski definition) is 8. The Morgan fingerprint density at radius 3 is 2.57 bits per heavy atom. The monoisotopic (exact) mass is 498 g/mol. The van der Waals surface area contributed by atoms with Crippen molar-refractivity contribution >= 4 is 11.7 Å². The van der Waals surface area contributed by atoms with E-state index in [4.69, 9.17) is 14.3 Å². The van der Waals surface area contributed by atoms with E-state index in [2.05, 4.69) is 26.9 Å². The van der Waals surface area contributed by atoms with Crippen LogP contribution < -0.4 is 9.47 Å². The van der Waals surface area contributed by atoms with Gasteiger partial charge in [-0.05, 0) is 43.5 Å². The minimum atomic E-state index is -4.75. The maximum absolute atomic E-state index is 12.4. The SMILES string of the molecule is CON=C1[C@@H](Cn2cncn2)[C@H](COc2ccc(OC(F)(F)F)cc2)CC[C@@]1(C)CCOC(C)=O. The minimum absolute atomic E-state index is 0.0148. The van der Waals surface area contributed by atoms with Crippen molar-refractivity contribution in [1.29, 1.82) is 0 Å². The first-order valence-electron chi connectivity index (χ1n) is 11.2. The zero-order valence-corrected chi connectivity index (χ0v) is 19.8. The second-order valence-corrected chi connectivity index (χ2v) is 8.66. The topological polar surface area (TPSA) is 97.1 Å². The predicted molar refractivity (Wildman–Crippen MR) is 119 cm³/mol. The minimum Gasteiger partial charge on any atom is -0.493 e. The third kappa shape index (κ3) is 7.59. The molecular weight excluding hydrogens is 469 g/mol. The van der Waals surface area contributed by atoms with Crippen LogP contribution in [0.1, 0.15) is 33.1 Å². The molecule has 2 aromatic rings. The number of hydrogen-bond donors (Lipinski definition) is 0. The van der Waals surface area contributed by atoms with Gasteiger partial charge in [0, 0.05) is 24.2 Å². The van der Waals surface area contributed by atoms with Crippen molar-refractivity contribution in [3.8, 4) is 11.5 Å². The maximum atomic E-state index is 12.4. The van der Waals surface area contributed by atoms with E-state index in [-0.39, 0.29) is 35.6 Å². The number of ether oxygens (including phenoxy) is 3. The van der Waals surface area contributed by atoms with Crippen LogP contribution in [0.5, 0.6) is 11.5 Å². The van der Waals surface area contributed by atoms with E-state index in [1.807, 2.05) is 0 Å². The fourth-order valence-corrected chi connectivity index (χ4v) is 4.36. The van der Waals surface area contributed by atoms with Crippen LogP contribution in [0.2, 0.25) is 0 Å². The summed E-state index contributed by atoms with van der Waals surface area (Å²) in [6.45, 7) is 4.49. The molecule has 0 spiro atoms. The predicted octanol–water partition coefficient (Wildman–Crippen LogP) is 4.24. The van der Waals surface area contributed by atoms with Crippen molar-refractivity contribution in [3.05, 3.63) is 36.9 Å². The third-order valence-corrected chi connectivity index (χ3v) is 6.13. The van der Waals surface area contributed by atoms with Gasteiger partial charge in [0.05, 0.1) is 25.5 Å². The number of aromatic nitrogens is 3. The quantitative estimate of drug-likeness (QED) is 0.357. The summed E-state index contributed by atoms with van der Waals surface area (Å²) in [5, 5.41) is 8.61. The van der Waals surface area contributed by atoms with E-state index in [9.17, 15) is 18.0 Å². The molecule has 3 atom stereocenters. The first-order valence-corrected chi connectivity index (χ1v) is 11.2. The fourth-order valence-electron chi connectivity index (χ4n) is 4.36. The van der Waals surface area contributed by atoms with E-state index in [1.54, 1.807) is 11.0 Å². The van der Waals surface area contributed by atoms with E-state index >= 15 is 0 Å². The largest absolute Gasteiger partial charge is 0.573 e. The highest BCUT2D eigenvalue weighted by Crippen LogP contribution is 2.43. The molecule has 3 rings (SSSR count). The first-order chi connectivity index (χ1) is 16.6. The van der Waals surface area contributed by atoms with Crippen molar-refractivity contribution in [2.45, 2.75) is 46.0 Å². The summed E-state index contributed by atoms with van der Waals surface area (Å²) in [4.78, 5) is 20.5. The lowest BCUT2D eigenvalue weighted by atomic mass is 9.63. The molecule has 0 amide bonds. The molecule has 0 N–H and O–H groups in total. The van der Waals surface area contributed by atoms with Gasteiger partial charge >= 0.3 is 12.3 Å². The number of alkyl halides is 3. The van der Waals surface area contributed by atoms with Crippen LogP contribution in [-0.2, 0) is 20.9 Å². The summed E-state index contributed by atoms with van der Waals surface area (Å²) in [7, 11) is 1.48. The molecule has 0 aliphatic heterocycles. The summed E-state index contributed by atoms with van der Waals surface area (Å²) < 4.78 is 53.9. The number of halogens is 3. The van der Waals surface area contributed by atoms with Crippen LogP contribution in [0, 0.1) is 17.3 Å². The molecule has 0 saturated heterocycles. The second kappa shape index (κ2) is 11.4. The number of carbonyl (C=O) groups is 1. The van der Waals surface area contributed by atoms with Crippen LogP contribution in [0.3, 0.4) is 0 Å². The van der Waals surface area contributed by atoms with Crippen LogP contribution in [0.15, 0.2) is 42.1 Å². The van der Waals surface area contributed by atoms with Crippen molar-refractivity contribution in [2.75, 3.05) is 20.3 Å². The third-order valence-electron chi connectivity index (χ3n) is 6.13. The van der Waals surface area contributed by atoms with E-state index in [0.717, 1.165) is 18.6 Å². The summed E-state index contributed by atoms with van der Waals surface area (Å²) >= 11 is 0. The van der Waals surface area contributed by atoms with Gasteiger partial charge in [-0.25, -0.2) is 4.98 Å². The molecule has 12 heteroatoms. The molecule has 35 heavy (non-hydrogen) atoms. The molecule has 192 valence electrons. The molecule has 0 unspecified atom stereocenters. The Morgan fingerprint density at radius 2 is 1.97 bits per heavy atom. The number of esters is 1. The number of benzene rings is 1. The summed E-state index contributed by atoms with van der Waals surface area (Å²) in [6, 6.07) is 5.29. The number of carbonyl (C=O) groups excluding carboxylic acids is 1. The average molecular weight is 499 g/mol. The van der Waals surface area contributed by atoms with Gasteiger partial charge < -0.3 is 19.0 Å². The molecule has 1 aliphatic carbocycles.